The Bertz CT molecular complexity index is 1060. The molecule has 3 heterocycles. The number of nitrogen functional groups attached to an aromatic ring is 1. The zero-order valence-corrected chi connectivity index (χ0v) is 16.9. The van der Waals surface area contributed by atoms with E-state index in [0.29, 0.717) is 29.5 Å². The van der Waals surface area contributed by atoms with Crippen molar-refractivity contribution in [1.82, 2.24) is 20.1 Å². The lowest BCUT2D eigenvalue weighted by molar-refractivity contribution is -0.129. The van der Waals surface area contributed by atoms with Crippen molar-refractivity contribution < 1.29 is 9.18 Å². The highest BCUT2D eigenvalue weighted by molar-refractivity contribution is 5.80. The fourth-order valence-electron chi connectivity index (χ4n) is 3.94. The number of halogens is 1. The summed E-state index contributed by atoms with van der Waals surface area (Å²) in [4.78, 5) is 19.4. The summed E-state index contributed by atoms with van der Waals surface area (Å²) in [5.41, 5.74) is 10.4. The van der Waals surface area contributed by atoms with Gasteiger partial charge in [0.2, 0.25) is 5.91 Å². The van der Waals surface area contributed by atoms with Crippen molar-refractivity contribution in [2.24, 2.45) is 5.92 Å². The molecule has 0 radical (unpaired) electrons. The Balaban J connectivity index is 1.44. The highest BCUT2D eigenvalue weighted by atomic mass is 19.1. The number of anilines is 1. The molecule has 0 saturated carbocycles. The van der Waals surface area contributed by atoms with Crippen molar-refractivity contribution in [2.75, 3.05) is 18.8 Å². The molecule has 1 fully saturated rings. The van der Waals surface area contributed by atoms with E-state index in [0.717, 1.165) is 36.2 Å². The van der Waals surface area contributed by atoms with Gasteiger partial charge in [-0.1, -0.05) is 0 Å². The summed E-state index contributed by atoms with van der Waals surface area (Å²) in [5.74, 6) is 0.111. The fourth-order valence-corrected chi connectivity index (χ4v) is 3.94. The number of aromatic nitrogens is 3. The molecular formula is C23H24FN5O. The number of benzene rings is 1. The van der Waals surface area contributed by atoms with Gasteiger partial charge in [0.15, 0.2) is 0 Å². The van der Waals surface area contributed by atoms with Crippen LogP contribution in [-0.4, -0.2) is 39.1 Å². The zero-order chi connectivity index (χ0) is 21.1. The van der Waals surface area contributed by atoms with Gasteiger partial charge in [-0.3, -0.25) is 9.78 Å². The molecule has 3 aromatic rings. The van der Waals surface area contributed by atoms with Crippen LogP contribution in [0.15, 0.2) is 48.7 Å². The second kappa shape index (κ2) is 8.57. The van der Waals surface area contributed by atoms with Gasteiger partial charge in [0.05, 0.1) is 29.2 Å². The molecule has 2 N–H and O–H groups in total. The normalized spacial score (nSPS) is 16.1. The molecule has 0 aliphatic carbocycles. The summed E-state index contributed by atoms with van der Waals surface area (Å²) in [7, 11) is 0. The molecule has 1 amide bonds. The summed E-state index contributed by atoms with van der Waals surface area (Å²) in [5, 5.41) is 8.06. The van der Waals surface area contributed by atoms with Gasteiger partial charge in [0, 0.05) is 24.8 Å². The SMILES string of the molecule is Cc1cc(F)ccc1-c1ccc(N)c(CC(=O)N2CCC(Cc3cccnn3)C2)n1. The average Bonchev–Trinajstić information content (AvgIpc) is 3.19. The zero-order valence-electron chi connectivity index (χ0n) is 16.9. The van der Waals surface area contributed by atoms with E-state index in [9.17, 15) is 9.18 Å². The first kappa shape index (κ1) is 19.9. The highest BCUT2D eigenvalue weighted by Crippen LogP contribution is 2.26. The highest BCUT2D eigenvalue weighted by Gasteiger charge is 2.27. The van der Waals surface area contributed by atoms with Crippen molar-refractivity contribution in [3.63, 3.8) is 0 Å². The first-order valence-electron chi connectivity index (χ1n) is 10.1. The Hall–Kier alpha value is -3.35. The Kier molecular flexibility index (Phi) is 5.70. The van der Waals surface area contributed by atoms with Gasteiger partial charge < -0.3 is 10.6 Å². The van der Waals surface area contributed by atoms with E-state index >= 15 is 0 Å². The number of nitrogens with zero attached hydrogens (tertiary/aromatic N) is 4. The average molecular weight is 405 g/mol. The third-order valence-electron chi connectivity index (χ3n) is 5.56. The number of pyridine rings is 1. The van der Waals surface area contributed by atoms with E-state index < -0.39 is 0 Å². The van der Waals surface area contributed by atoms with Crippen molar-refractivity contribution >= 4 is 11.6 Å². The standard InChI is InChI=1S/C23H24FN5O/c1-15-11-17(24)4-5-19(15)21-7-6-20(25)22(27-21)13-23(30)29-10-8-16(14-29)12-18-3-2-9-26-28-18/h2-7,9,11,16H,8,10,12-14,25H2,1H3. The molecule has 1 atom stereocenters. The number of hydrogen-bond acceptors (Lipinski definition) is 5. The van der Waals surface area contributed by atoms with Gasteiger partial charge in [0.1, 0.15) is 5.82 Å². The van der Waals surface area contributed by atoms with Crippen LogP contribution in [0.25, 0.3) is 11.3 Å². The van der Waals surface area contributed by atoms with E-state index in [1.54, 1.807) is 24.4 Å². The van der Waals surface area contributed by atoms with Crippen LogP contribution >= 0.6 is 0 Å². The molecule has 0 spiro atoms. The van der Waals surface area contributed by atoms with Crippen LogP contribution in [0.2, 0.25) is 0 Å². The minimum Gasteiger partial charge on any atom is -0.397 e. The van der Waals surface area contributed by atoms with Crippen molar-refractivity contribution in [2.45, 2.75) is 26.2 Å². The molecule has 1 aromatic carbocycles. The molecule has 6 nitrogen and oxygen atoms in total. The summed E-state index contributed by atoms with van der Waals surface area (Å²) in [6, 6.07) is 12.0. The second-order valence-corrected chi connectivity index (χ2v) is 7.78. The Morgan fingerprint density at radius 1 is 1.27 bits per heavy atom. The maximum Gasteiger partial charge on any atom is 0.228 e. The topological polar surface area (TPSA) is 85.0 Å². The number of carbonyl (C=O) groups is 1. The lowest BCUT2D eigenvalue weighted by Crippen LogP contribution is -2.31. The molecule has 1 saturated heterocycles. The number of carbonyl (C=O) groups excluding carboxylic acids is 1. The van der Waals surface area contributed by atoms with Gasteiger partial charge in [-0.2, -0.15) is 10.2 Å². The molecule has 4 rings (SSSR count). The maximum atomic E-state index is 13.4. The van der Waals surface area contributed by atoms with Crippen LogP contribution in [0.5, 0.6) is 0 Å². The molecule has 1 aliphatic heterocycles. The minimum absolute atomic E-state index is 0.0174. The van der Waals surface area contributed by atoms with Gasteiger partial charge in [-0.15, -0.1) is 0 Å². The molecule has 0 bridgehead atoms. The smallest absolute Gasteiger partial charge is 0.228 e. The molecule has 30 heavy (non-hydrogen) atoms. The van der Waals surface area contributed by atoms with E-state index in [4.69, 9.17) is 5.73 Å². The van der Waals surface area contributed by atoms with E-state index in [1.165, 1.54) is 12.1 Å². The minimum atomic E-state index is -0.285. The van der Waals surface area contributed by atoms with Crippen LogP contribution in [0.4, 0.5) is 10.1 Å². The number of nitrogens with two attached hydrogens (primary N) is 1. The van der Waals surface area contributed by atoms with Gasteiger partial charge in [-0.25, -0.2) is 4.39 Å². The number of likely N-dealkylation sites (tertiary alicyclic amines) is 1. The first-order chi connectivity index (χ1) is 14.5. The molecule has 1 aliphatic rings. The molecule has 2 aromatic heterocycles. The third kappa shape index (κ3) is 4.45. The Morgan fingerprint density at radius 2 is 2.13 bits per heavy atom. The maximum absolute atomic E-state index is 13.4. The summed E-state index contributed by atoms with van der Waals surface area (Å²) >= 11 is 0. The number of rotatable bonds is 5. The first-order valence-corrected chi connectivity index (χ1v) is 10.1. The summed E-state index contributed by atoms with van der Waals surface area (Å²) in [6.07, 6.45) is 3.57. The lowest BCUT2D eigenvalue weighted by Gasteiger charge is -2.17. The second-order valence-electron chi connectivity index (χ2n) is 7.78. The van der Waals surface area contributed by atoms with E-state index in [2.05, 4.69) is 15.2 Å². The van der Waals surface area contributed by atoms with Crippen molar-refractivity contribution in [3.05, 3.63) is 71.4 Å². The molecule has 154 valence electrons. The van der Waals surface area contributed by atoms with Gasteiger partial charge >= 0.3 is 0 Å². The van der Waals surface area contributed by atoms with Gasteiger partial charge in [0.25, 0.3) is 0 Å². The van der Waals surface area contributed by atoms with Crippen LogP contribution in [0.1, 0.15) is 23.4 Å². The fraction of sp³-hybridized carbons (Fsp3) is 0.304. The third-order valence-corrected chi connectivity index (χ3v) is 5.56. The van der Waals surface area contributed by atoms with Gasteiger partial charge in [-0.05, 0) is 73.7 Å². The van der Waals surface area contributed by atoms with E-state index in [1.807, 2.05) is 24.0 Å². The van der Waals surface area contributed by atoms with Crippen molar-refractivity contribution in [1.29, 1.82) is 0 Å². The molecule has 7 heteroatoms. The van der Waals surface area contributed by atoms with E-state index in [-0.39, 0.29) is 18.1 Å². The van der Waals surface area contributed by atoms with Crippen molar-refractivity contribution in [3.8, 4) is 11.3 Å². The van der Waals surface area contributed by atoms with Crippen LogP contribution < -0.4 is 5.73 Å². The van der Waals surface area contributed by atoms with Crippen LogP contribution in [0.3, 0.4) is 0 Å². The summed E-state index contributed by atoms with van der Waals surface area (Å²) in [6.45, 7) is 3.26. The summed E-state index contributed by atoms with van der Waals surface area (Å²) < 4.78 is 13.4. The predicted molar refractivity (Wildman–Crippen MR) is 113 cm³/mol. The lowest BCUT2D eigenvalue weighted by atomic mass is 10.0. The Labute approximate surface area is 175 Å². The van der Waals surface area contributed by atoms with Crippen LogP contribution in [0, 0.1) is 18.7 Å². The monoisotopic (exact) mass is 405 g/mol. The predicted octanol–water partition coefficient (Wildman–Crippen LogP) is 3.20. The molecular weight excluding hydrogens is 381 g/mol. The number of hydrogen-bond donors (Lipinski definition) is 1. The van der Waals surface area contributed by atoms with Crippen LogP contribution in [-0.2, 0) is 17.6 Å². The largest absolute Gasteiger partial charge is 0.397 e. The number of amides is 1. The quantitative estimate of drug-likeness (QED) is 0.705. The molecule has 1 unspecified atom stereocenters. The Morgan fingerprint density at radius 3 is 2.90 bits per heavy atom. The number of aryl methyl sites for hydroxylation is 1.